The molecular weight excluding hydrogens is 264 g/mol. The van der Waals surface area contributed by atoms with Crippen molar-refractivity contribution in [3.63, 3.8) is 0 Å². The Balaban J connectivity index is 3.32. The Morgan fingerprint density at radius 2 is 1.62 bits per heavy atom. The molecule has 0 aromatic heterocycles. The molecule has 0 saturated heterocycles. The lowest BCUT2D eigenvalue weighted by molar-refractivity contribution is -0.137. The van der Waals surface area contributed by atoms with Gasteiger partial charge in [-0.25, -0.2) is 0 Å². The van der Waals surface area contributed by atoms with E-state index in [1.807, 2.05) is 18.2 Å². The molecule has 0 bridgehead atoms. The zero-order chi connectivity index (χ0) is 15.8. The van der Waals surface area contributed by atoms with Crippen molar-refractivity contribution in [2.45, 2.75) is 83.7 Å². The van der Waals surface area contributed by atoms with E-state index in [1.165, 1.54) is 12.8 Å². The third kappa shape index (κ3) is 16.9. The maximum Gasteiger partial charge on any atom is 0.303 e. The standard InChI is InChI=1S/C18H32O3/c1-2-3-4-8-11-14-17(19)15-12-9-6-5-7-10-13-16-18(20)21/h4,8,11,14,17,19H,2-3,5-7,9-10,12-13,15-16H2,1H3,(H,20,21). The van der Waals surface area contributed by atoms with Gasteiger partial charge in [0.25, 0.3) is 0 Å². The van der Waals surface area contributed by atoms with Crippen molar-refractivity contribution in [3.05, 3.63) is 24.3 Å². The second-order valence-electron chi connectivity index (χ2n) is 5.58. The molecule has 0 radical (unpaired) electrons. The monoisotopic (exact) mass is 296 g/mol. The number of unbranched alkanes of at least 4 members (excludes halogenated alkanes) is 7. The summed E-state index contributed by atoms with van der Waals surface area (Å²) in [6, 6.07) is 0. The quantitative estimate of drug-likeness (QED) is 0.355. The van der Waals surface area contributed by atoms with Crippen molar-refractivity contribution in [2.75, 3.05) is 0 Å². The number of aliphatic hydroxyl groups excluding tert-OH is 1. The van der Waals surface area contributed by atoms with Crippen molar-refractivity contribution in [1.29, 1.82) is 0 Å². The first kappa shape index (κ1) is 19.9. The van der Waals surface area contributed by atoms with E-state index >= 15 is 0 Å². The molecule has 21 heavy (non-hydrogen) atoms. The van der Waals surface area contributed by atoms with Crippen LogP contribution in [0.4, 0.5) is 0 Å². The summed E-state index contributed by atoms with van der Waals surface area (Å²) in [5.41, 5.74) is 0. The molecular formula is C18H32O3. The summed E-state index contributed by atoms with van der Waals surface area (Å²) in [7, 11) is 0. The molecule has 0 aliphatic heterocycles. The Labute approximate surface area is 129 Å². The van der Waals surface area contributed by atoms with E-state index < -0.39 is 5.97 Å². The molecule has 0 spiro atoms. The molecule has 0 aromatic carbocycles. The Hall–Kier alpha value is -1.09. The smallest absolute Gasteiger partial charge is 0.303 e. The Bertz CT molecular complexity index is 295. The molecule has 0 saturated carbocycles. The first-order chi connectivity index (χ1) is 10.2. The number of aliphatic hydroxyl groups is 1. The summed E-state index contributed by atoms with van der Waals surface area (Å²) in [5.74, 6) is -0.693. The minimum Gasteiger partial charge on any atom is -0.481 e. The lowest BCUT2D eigenvalue weighted by Crippen LogP contribution is -2.01. The average Bonchev–Trinajstić information content (AvgIpc) is 2.45. The molecule has 0 aliphatic rings. The summed E-state index contributed by atoms with van der Waals surface area (Å²) in [5, 5.41) is 18.3. The van der Waals surface area contributed by atoms with Gasteiger partial charge in [-0.15, -0.1) is 0 Å². The lowest BCUT2D eigenvalue weighted by Gasteiger charge is -2.05. The highest BCUT2D eigenvalue weighted by molar-refractivity contribution is 5.66. The van der Waals surface area contributed by atoms with Gasteiger partial charge in [-0.05, 0) is 19.3 Å². The fourth-order valence-electron chi connectivity index (χ4n) is 2.14. The van der Waals surface area contributed by atoms with E-state index in [0.717, 1.165) is 51.4 Å². The predicted octanol–water partition coefficient (Wildman–Crippen LogP) is 4.86. The minimum absolute atomic E-state index is 0.297. The van der Waals surface area contributed by atoms with Gasteiger partial charge < -0.3 is 10.2 Å². The van der Waals surface area contributed by atoms with E-state index in [4.69, 9.17) is 5.11 Å². The van der Waals surface area contributed by atoms with Crippen LogP contribution in [0.25, 0.3) is 0 Å². The fraction of sp³-hybridized carbons (Fsp3) is 0.722. The van der Waals surface area contributed by atoms with Gasteiger partial charge in [0.2, 0.25) is 0 Å². The highest BCUT2D eigenvalue weighted by Crippen LogP contribution is 2.11. The Morgan fingerprint density at radius 3 is 2.24 bits per heavy atom. The number of carboxylic acid groups (broad SMARTS) is 1. The van der Waals surface area contributed by atoms with Crippen molar-refractivity contribution in [3.8, 4) is 0 Å². The summed E-state index contributed by atoms with van der Waals surface area (Å²) in [6.45, 7) is 2.15. The van der Waals surface area contributed by atoms with Crippen LogP contribution in [0.1, 0.15) is 77.6 Å². The number of hydrogen-bond donors (Lipinski definition) is 2. The van der Waals surface area contributed by atoms with Gasteiger partial charge in [-0.2, -0.15) is 0 Å². The van der Waals surface area contributed by atoms with Crippen LogP contribution >= 0.6 is 0 Å². The normalized spacial score (nSPS) is 13.2. The van der Waals surface area contributed by atoms with E-state index in [1.54, 1.807) is 0 Å². The van der Waals surface area contributed by atoms with Gasteiger partial charge in [0.1, 0.15) is 0 Å². The molecule has 1 atom stereocenters. The van der Waals surface area contributed by atoms with Crippen LogP contribution < -0.4 is 0 Å². The molecule has 2 N–H and O–H groups in total. The largest absolute Gasteiger partial charge is 0.481 e. The summed E-state index contributed by atoms with van der Waals surface area (Å²) < 4.78 is 0. The van der Waals surface area contributed by atoms with Crippen LogP contribution in [0.15, 0.2) is 24.3 Å². The molecule has 3 heteroatoms. The number of allylic oxidation sites excluding steroid dienone is 3. The molecule has 1 unspecified atom stereocenters. The second-order valence-corrected chi connectivity index (χ2v) is 5.58. The van der Waals surface area contributed by atoms with Gasteiger partial charge in [0, 0.05) is 6.42 Å². The first-order valence-corrected chi connectivity index (χ1v) is 8.40. The van der Waals surface area contributed by atoms with Crippen LogP contribution in [0.5, 0.6) is 0 Å². The van der Waals surface area contributed by atoms with Gasteiger partial charge in [-0.3, -0.25) is 4.79 Å². The Morgan fingerprint density at radius 1 is 1.00 bits per heavy atom. The summed E-state index contributed by atoms with van der Waals surface area (Å²) >= 11 is 0. The lowest BCUT2D eigenvalue weighted by atomic mass is 10.1. The maximum atomic E-state index is 10.3. The maximum absolute atomic E-state index is 10.3. The number of carbonyl (C=O) groups is 1. The van der Waals surface area contributed by atoms with Crippen LogP contribution in [0.3, 0.4) is 0 Å². The topological polar surface area (TPSA) is 57.5 Å². The number of carboxylic acids is 1. The van der Waals surface area contributed by atoms with E-state index in [0.29, 0.717) is 6.42 Å². The molecule has 0 amide bonds. The van der Waals surface area contributed by atoms with Gasteiger partial charge >= 0.3 is 5.97 Å². The highest BCUT2D eigenvalue weighted by atomic mass is 16.4. The van der Waals surface area contributed by atoms with Crippen LogP contribution in [0, 0.1) is 0 Å². The van der Waals surface area contributed by atoms with Crippen LogP contribution in [-0.4, -0.2) is 22.3 Å². The third-order valence-corrected chi connectivity index (χ3v) is 3.43. The first-order valence-electron chi connectivity index (χ1n) is 8.40. The van der Waals surface area contributed by atoms with Crippen molar-refractivity contribution in [1.82, 2.24) is 0 Å². The number of rotatable bonds is 14. The van der Waals surface area contributed by atoms with Crippen LogP contribution in [-0.2, 0) is 4.79 Å². The van der Waals surface area contributed by atoms with Gasteiger partial charge in [0.15, 0.2) is 0 Å². The van der Waals surface area contributed by atoms with E-state index in [2.05, 4.69) is 13.0 Å². The van der Waals surface area contributed by atoms with Crippen molar-refractivity contribution in [2.24, 2.45) is 0 Å². The molecule has 0 rings (SSSR count). The fourth-order valence-corrected chi connectivity index (χ4v) is 2.14. The Kier molecular flexibility index (Phi) is 14.5. The zero-order valence-electron chi connectivity index (χ0n) is 13.5. The molecule has 0 aliphatic carbocycles. The van der Waals surface area contributed by atoms with Crippen LogP contribution in [0.2, 0.25) is 0 Å². The second kappa shape index (κ2) is 15.3. The summed E-state index contributed by atoms with van der Waals surface area (Å²) in [6.07, 6.45) is 18.5. The van der Waals surface area contributed by atoms with E-state index in [-0.39, 0.29) is 6.10 Å². The summed E-state index contributed by atoms with van der Waals surface area (Å²) in [4.78, 5) is 10.3. The van der Waals surface area contributed by atoms with Crippen molar-refractivity contribution >= 4 is 5.97 Å². The van der Waals surface area contributed by atoms with E-state index in [9.17, 15) is 9.90 Å². The molecule has 0 heterocycles. The molecule has 122 valence electrons. The predicted molar refractivity (Wildman–Crippen MR) is 88.4 cm³/mol. The zero-order valence-corrected chi connectivity index (χ0v) is 13.5. The van der Waals surface area contributed by atoms with Crippen molar-refractivity contribution < 1.29 is 15.0 Å². The minimum atomic E-state index is -0.693. The number of hydrogen-bond acceptors (Lipinski definition) is 2. The highest BCUT2D eigenvalue weighted by Gasteiger charge is 1.99. The van der Waals surface area contributed by atoms with Gasteiger partial charge in [0.05, 0.1) is 6.10 Å². The molecule has 0 aromatic rings. The SMILES string of the molecule is CCCC=CC=CC(O)CCCCCCCCCC(=O)O. The third-order valence-electron chi connectivity index (χ3n) is 3.43. The molecule has 3 nitrogen and oxygen atoms in total. The number of aliphatic carboxylic acids is 1. The average molecular weight is 296 g/mol. The molecule has 0 fully saturated rings. The van der Waals surface area contributed by atoms with Gasteiger partial charge in [-0.1, -0.05) is 76.2 Å².